The zero-order valence-corrected chi connectivity index (χ0v) is 15.2. The van der Waals surface area contributed by atoms with Gasteiger partial charge in [-0.05, 0) is 65.0 Å². The van der Waals surface area contributed by atoms with E-state index in [0.29, 0.717) is 5.11 Å². The third-order valence-corrected chi connectivity index (χ3v) is 3.76. The smallest absolute Gasteiger partial charge is 0.187 e. The molecule has 0 unspecified atom stereocenters. The van der Waals surface area contributed by atoms with Crippen molar-refractivity contribution in [3.63, 3.8) is 0 Å². The Morgan fingerprint density at radius 3 is 2.43 bits per heavy atom. The third kappa shape index (κ3) is 4.42. The second-order valence-electron chi connectivity index (χ2n) is 6.00. The van der Waals surface area contributed by atoms with Gasteiger partial charge in [-0.15, -0.1) is 0 Å². The van der Waals surface area contributed by atoms with Crippen LogP contribution in [0.3, 0.4) is 0 Å². The Hall–Kier alpha value is -2.14. The molecule has 1 aromatic heterocycles. The Morgan fingerprint density at radius 2 is 1.83 bits per heavy atom. The molecule has 0 aliphatic rings. The number of benzene rings is 1. The second kappa shape index (κ2) is 7.42. The summed E-state index contributed by atoms with van der Waals surface area (Å²) in [5, 5.41) is 7.85. The van der Waals surface area contributed by atoms with E-state index in [-0.39, 0.29) is 6.04 Å². The molecule has 1 aromatic carbocycles. The summed E-state index contributed by atoms with van der Waals surface area (Å²) in [6, 6.07) is 10.9. The van der Waals surface area contributed by atoms with Crippen LogP contribution in [0.5, 0.6) is 0 Å². The van der Waals surface area contributed by atoms with E-state index in [0.717, 1.165) is 16.9 Å². The van der Waals surface area contributed by atoms with E-state index in [9.17, 15) is 0 Å². The number of aryl methyl sites for hydroxylation is 2. The normalized spacial score (nSPS) is 11.2. The van der Waals surface area contributed by atoms with Gasteiger partial charge in [0.2, 0.25) is 0 Å². The van der Waals surface area contributed by atoms with Gasteiger partial charge < -0.3 is 9.88 Å². The Kier molecular flexibility index (Phi) is 5.55. The fourth-order valence-electron chi connectivity index (χ4n) is 2.46. The molecule has 0 bridgehead atoms. The number of hydrazone groups is 1. The van der Waals surface area contributed by atoms with Crippen molar-refractivity contribution in [3.8, 4) is 5.69 Å². The van der Waals surface area contributed by atoms with Crippen molar-refractivity contribution in [2.24, 2.45) is 5.10 Å². The minimum absolute atomic E-state index is 0.289. The maximum Gasteiger partial charge on any atom is 0.187 e. The van der Waals surface area contributed by atoms with E-state index in [1.807, 2.05) is 13.8 Å². The SMILES string of the molecule is Cc1ccc(-n2c(C)cc(C=NNC(=S)NC(C)C)c2C)cc1. The molecular formula is C18H24N4S. The highest BCUT2D eigenvalue weighted by Crippen LogP contribution is 2.20. The van der Waals surface area contributed by atoms with Gasteiger partial charge >= 0.3 is 0 Å². The Balaban J connectivity index is 2.17. The van der Waals surface area contributed by atoms with E-state index >= 15 is 0 Å². The predicted octanol–water partition coefficient (Wildman–Crippen LogP) is 3.61. The largest absolute Gasteiger partial charge is 0.359 e. The Labute approximate surface area is 143 Å². The molecule has 0 atom stereocenters. The predicted molar refractivity (Wildman–Crippen MR) is 102 cm³/mol. The first-order chi connectivity index (χ1) is 10.9. The highest BCUT2D eigenvalue weighted by Gasteiger charge is 2.09. The van der Waals surface area contributed by atoms with E-state index < -0.39 is 0 Å². The molecule has 2 aromatic rings. The first kappa shape index (κ1) is 17.2. The zero-order valence-electron chi connectivity index (χ0n) is 14.3. The third-order valence-electron chi connectivity index (χ3n) is 3.55. The van der Waals surface area contributed by atoms with Crippen LogP contribution in [0.25, 0.3) is 5.69 Å². The summed E-state index contributed by atoms with van der Waals surface area (Å²) in [6.45, 7) is 10.4. The number of thiocarbonyl (C=S) groups is 1. The molecule has 2 N–H and O–H groups in total. The van der Waals surface area contributed by atoms with E-state index in [1.165, 1.54) is 11.3 Å². The van der Waals surface area contributed by atoms with Crippen molar-refractivity contribution in [1.29, 1.82) is 0 Å². The Bertz CT molecular complexity index is 711. The molecule has 122 valence electrons. The van der Waals surface area contributed by atoms with Gasteiger partial charge in [-0.2, -0.15) is 5.10 Å². The van der Waals surface area contributed by atoms with Crippen LogP contribution in [0.15, 0.2) is 35.4 Å². The number of rotatable bonds is 4. The lowest BCUT2D eigenvalue weighted by Gasteiger charge is -2.10. The summed E-state index contributed by atoms with van der Waals surface area (Å²) in [6.07, 6.45) is 1.81. The van der Waals surface area contributed by atoms with Gasteiger partial charge in [0, 0.05) is 28.7 Å². The van der Waals surface area contributed by atoms with Crippen molar-refractivity contribution in [2.75, 3.05) is 0 Å². The molecule has 0 saturated heterocycles. The van der Waals surface area contributed by atoms with Crippen LogP contribution in [0.2, 0.25) is 0 Å². The van der Waals surface area contributed by atoms with Gasteiger partial charge in [0.25, 0.3) is 0 Å². The summed E-state index contributed by atoms with van der Waals surface area (Å²) in [4.78, 5) is 0. The fourth-order valence-corrected chi connectivity index (χ4v) is 2.75. The van der Waals surface area contributed by atoms with E-state index in [1.54, 1.807) is 6.21 Å². The van der Waals surface area contributed by atoms with Gasteiger partial charge in [-0.1, -0.05) is 17.7 Å². The molecule has 0 aliphatic carbocycles. The highest BCUT2D eigenvalue weighted by atomic mass is 32.1. The Morgan fingerprint density at radius 1 is 1.17 bits per heavy atom. The van der Waals surface area contributed by atoms with Crippen molar-refractivity contribution in [3.05, 3.63) is 52.8 Å². The average Bonchev–Trinajstić information content (AvgIpc) is 2.74. The number of aromatic nitrogens is 1. The van der Waals surface area contributed by atoms with Crippen molar-refractivity contribution < 1.29 is 0 Å². The molecule has 23 heavy (non-hydrogen) atoms. The molecule has 0 amide bonds. The lowest BCUT2D eigenvalue weighted by molar-refractivity contribution is 0.720. The van der Waals surface area contributed by atoms with Crippen molar-refractivity contribution in [1.82, 2.24) is 15.3 Å². The molecule has 0 spiro atoms. The molecule has 4 nitrogen and oxygen atoms in total. The van der Waals surface area contributed by atoms with Crippen LogP contribution in [-0.2, 0) is 0 Å². The quantitative estimate of drug-likeness (QED) is 0.512. The van der Waals surface area contributed by atoms with Gasteiger partial charge in [-0.25, -0.2) is 0 Å². The summed E-state index contributed by atoms with van der Waals surface area (Å²) in [7, 11) is 0. The standard InChI is InChI=1S/C18H24N4S/c1-12(2)20-18(23)21-19-11-16-10-14(4)22(15(16)5)17-8-6-13(3)7-9-17/h6-12H,1-5H3,(H2,20,21,23). The summed E-state index contributed by atoms with van der Waals surface area (Å²) in [5.74, 6) is 0. The average molecular weight is 328 g/mol. The molecule has 2 rings (SSSR count). The van der Waals surface area contributed by atoms with Crippen LogP contribution in [0, 0.1) is 20.8 Å². The minimum atomic E-state index is 0.289. The maximum atomic E-state index is 5.16. The molecule has 1 heterocycles. The van der Waals surface area contributed by atoms with E-state index in [4.69, 9.17) is 12.2 Å². The lowest BCUT2D eigenvalue weighted by atomic mass is 10.2. The maximum absolute atomic E-state index is 5.16. The van der Waals surface area contributed by atoms with Crippen LogP contribution in [0.4, 0.5) is 0 Å². The molecule has 0 radical (unpaired) electrons. The van der Waals surface area contributed by atoms with Crippen LogP contribution in [-0.4, -0.2) is 21.9 Å². The number of nitrogens with zero attached hydrogens (tertiary/aromatic N) is 2. The fraction of sp³-hybridized carbons (Fsp3) is 0.333. The molecular weight excluding hydrogens is 304 g/mol. The monoisotopic (exact) mass is 328 g/mol. The van der Waals surface area contributed by atoms with Gasteiger partial charge in [0.1, 0.15) is 0 Å². The molecule has 0 saturated carbocycles. The zero-order chi connectivity index (χ0) is 17.0. The van der Waals surface area contributed by atoms with Gasteiger partial charge in [0.05, 0.1) is 6.21 Å². The van der Waals surface area contributed by atoms with Gasteiger partial charge in [0.15, 0.2) is 5.11 Å². The number of hydrogen-bond acceptors (Lipinski definition) is 2. The lowest BCUT2D eigenvalue weighted by Crippen LogP contribution is -2.36. The minimum Gasteiger partial charge on any atom is -0.359 e. The summed E-state index contributed by atoms with van der Waals surface area (Å²) >= 11 is 5.16. The topological polar surface area (TPSA) is 41.4 Å². The first-order valence-corrected chi connectivity index (χ1v) is 8.15. The summed E-state index contributed by atoms with van der Waals surface area (Å²) in [5.41, 5.74) is 8.67. The number of hydrogen-bond donors (Lipinski definition) is 2. The summed E-state index contributed by atoms with van der Waals surface area (Å²) < 4.78 is 2.23. The van der Waals surface area contributed by atoms with Crippen LogP contribution >= 0.6 is 12.2 Å². The van der Waals surface area contributed by atoms with Crippen LogP contribution < -0.4 is 10.7 Å². The number of nitrogens with one attached hydrogen (secondary N) is 2. The highest BCUT2D eigenvalue weighted by molar-refractivity contribution is 7.80. The first-order valence-electron chi connectivity index (χ1n) is 7.74. The molecule has 0 fully saturated rings. The molecule has 0 aliphatic heterocycles. The molecule has 5 heteroatoms. The van der Waals surface area contributed by atoms with Crippen LogP contribution in [0.1, 0.15) is 36.4 Å². The van der Waals surface area contributed by atoms with Crippen molar-refractivity contribution >= 4 is 23.5 Å². The second-order valence-corrected chi connectivity index (χ2v) is 6.40. The van der Waals surface area contributed by atoms with E-state index in [2.05, 4.69) is 71.5 Å². The van der Waals surface area contributed by atoms with Gasteiger partial charge in [-0.3, -0.25) is 5.43 Å². The van der Waals surface area contributed by atoms with Crippen molar-refractivity contribution in [2.45, 2.75) is 40.7 Å².